The molecule has 0 aliphatic carbocycles. The summed E-state index contributed by atoms with van der Waals surface area (Å²) in [6.45, 7) is 1.56. The molecular formula is C20H18ClN5O2S2. The second kappa shape index (κ2) is 8.89. The number of ether oxygens (including phenoxy) is 1. The van der Waals surface area contributed by atoms with Crippen LogP contribution in [0.5, 0.6) is 0 Å². The van der Waals surface area contributed by atoms with E-state index in [-0.39, 0.29) is 6.10 Å². The summed E-state index contributed by atoms with van der Waals surface area (Å²) in [5, 5.41) is 20.7. The number of halogens is 1. The summed E-state index contributed by atoms with van der Waals surface area (Å²) < 4.78 is 13.8. The van der Waals surface area contributed by atoms with Crippen LogP contribution in [0, 0.1) is 0 Å². The van der Waals surface area contributed by atoms with Crippen molar-refractivity contribution in [2.75, 3.05) is 6.61 Å². The second-order valence-electron chi connectivity index (χ2n) is 6.83. The molecule has 5 rings (SSSR count). The van der Waals surface area contributed by atoms with Crippen LogP contribution in [0.25, 0.3) is 22.2 Å². The van der Waals surface area contributed by atoms with Crippen LogP contribution in [0.2, 0.25) is 5.02 Å². The van der Waals surface area contributed by atoms with Crippen molar-refractivity contribution < 1.29 is 9.15 Å². The molecule has 30 heavy (non-hydrogen) atoms. The fourth-order valence-electron chi connectivity index (χ4n) is 3.29. The lowest BCUT2D eigenvalue weighted by atomic mass is 10.2. The molecule has 1 atom stereocenters. The van der Waals surface area contributed by atoms with E-state index in [1.54, 1.807) is 23.5 Å². The van der Waals surface area contributed by atoms with E-state index in [9.17, 15) is 0 Å². The van der Waals surface area contributed by atoms with Gasteiger partial charge in [0.25, 0.3) is 0 Å². The average Bonchev–Trinajstić information content (AvgIpc) is 3.55. The number of thioether (sulfide) groups is 1. The van der Waals surface area contributed by atoms with Gasteiger partial charge in [-0.25, -0.2) is 0 Å². The fraction of sp³-hybridized carbons (Fsp3) is 0.300. The Kier molecular flexibility index (Phi) is 5.85. The maximum absolute atomic E-state index is 5.94. The standard InChI is InChI=1S/C20H18ClN5O2S2/c21-14-7-5-13(6-8-14)19-24-22-17(28-19)12-30-20-25-23-18(16-4-2-10-29-16)26(20)11-15-3-1-9-27-15/h2,4-8,10,15H,1,3,9,11-12H2/t15-/m1/s1. The molecule has 0 unspecified atom stereocenters. The number of thiophene rings is 1. The highest BCUT2D eigenvalue weighted by Gasteiger charge is 2.22. The van der Waals surface area contributed by atoms with Gasteiger partial charge >= 0.3 is 0 Å². The topological polar surface area (TPSA) is 78.9 Å². The minimum Gasteiger partial charge on any atom is -0.420 e. The van der Waals surface area contributed by atoms with Crippen LogP contribution < -0.4 is 0 Å². The quantitative estimate of drug-likeness (QED) is 0.352. The summed E-state index contributed by atoms with van der Waals surface area (Å²) in [7, 11) is 0. The van der Waals surface area contributed by atoms with E-state index in [0.717, 1.165) is 47.4 Å². The van der Waals surface area contributed by atoms with Crippen molar-refractivity contribution >= 4 is 34.7 Å². The van der Waals surface area contributed by atoms with Crippen molar-refractivity contribution in [3.63, 3.8) is 0 Å². The lowest BCUT2D eigenvalue weighted by Gasteiger charge is -2.13. The predicted octanol–water partition coefficient (Wildman–Crippen LogP) is 5.18. The van der Waals surface area contributed by atoms with Crippen LogP contribution in [0.4, 0.5) is 0 Å². The van der Waals surface area contributed by atoms with Crippen molar-refractivity contribution in [3.05, 3.63) is 52.7 Å². The Morgan fingerprint density at radius 3 is 2.80 bits per heavy atom. The van der Waals surface area contributed by atoms with Gasteiger partial charge in [0.1, 0.15) is 0 Å². The third-order valence-electron chi connectivity index (χ3n) is 4.75. The molecule has 1 aromatic carbocycles. The maximum Gasteiger partial charge on any atom is 0.247 e. The smallest absolute Gasteiger partial charge is 0.247 e. The Morgan fingerprint density at radius 2 is 2.03 bits per heavy atom. The first-order valence-corrected chi connectivity index (χ1v) is 11.8. The summed E-state index contributed by atoms with van der Waals surface area (Å²) in [5.41, 5.74) is 0.838. The van der Waals surface area contributed by atoms with E-state index in [2.05, 4.69) is 31.0 Å². The molecule has 0 spiro atoms. The molecule has 10 heteroatoms. The first-order valence-electron chi connectivity index (χ1n) is 9.56. The van der Waals surface area contributed by atoms with E-state index >= 15 is 0 Å². The number of hydrogen-bond donors (Lipinski definition) is 0. The van der Waals surface area contributed by atoms with Gasteiger partial charge in [0.2, 0.25) is 11.8 Å². The van der Waals surface area contributed by atoms with Crippen molar-refractivity contribution in [1.29, 1.82) is 0 Å². The first kappa shape index (κ1) is 19.7. The molecule has 0 amide bonds. The molecule has 0 N–H and O–H groups in total. The van der Waals surface area contributed by atoms with Gasteiger partial charge in [-0.1, -0.05) is 29.4 Å². The largest absolute Gasteiger partial charge is 0.420 e. The number of hydrogen-bond acceptors (Lipinski definition) is 8. The van der Waals surface area contributed by atoms with Crippen LogP contribution in [0.1, 0.15) is 18.7 Å². The van der Waals surface area contributed by atoms with Crippen LogP contribution in [-0.2, 0) is 17.0 Å². The molecular weight excluding hydrogens is 442 g/mol. The number of aromatic nitrogens is 5. The molecule has 1 aliphatic heterocycles. The van der Waals surface area contributed by atoms with Gasteiger partial charge in [-0.15, -0.1) is 31.7 Å². The van der Waals surface area contributed by atoms with Gasteiger partial charge in [-0.2, -0.15) is 0 Å². The van der Waals surface area contributed by atoms with Gasteiger partial charge in [0.15, 0.2) is 11.0 Å². The monoisotopic (exact) mass is 459 g/mol. The van der Waals surface area contributed by atoms with Gasteiger partial charge in [0, 0.05) is 17.2 Å². The predicted molar refractivity (Wildman–Crippen MR) is 117 cm³/mol. The zero-order valence-corrected chi connectivity index (χ0v) is 18.3. The molecule has 1 fully saturated rings. The number of benzene rings is 1. The zero-order chi connectivity index (χ0) is 20.3. The average molecular weight is 460 g/mol. The summed E-state index contributed by atoms with van der Waals surface area (Å²) in [6, 6.07) is 11.4. The molecule has 7 nitrogen and oxygen atoms in total. The molecule has 1 aliphatic rings. The van der Waals surface area contributed by atoms with Gasteiger partial charge < -0.3 is 9.15 Å². The van der Waals surface area contributed by atoms with E-state index in [1.165, 1.54) is 11.8 Å². The number of rotatable bonds is 7. The first-order chi connectivity index (χ1) is 14.8. The van der Waals surface area contributed by atoms with Crippen molar-refractivity contribution in [2.24, 2.45) is 0 Å². The Hall–Kier alpha value is -2.20. The lowest BCUT2D eigenvalue weighted by molar-refractivity contribution is 0.0953. The minimum absolute atomic E-state index is 0.193. The highest BCUT2D eigenvalue weighted by atomic mass is 35.5. The van der Waals surface area contributed by atoms with E-state index in [0.29, 0.717) is 22.6 Å². The lowest BCUT2D eigenvalue weighted by Crippen LogP contribution is -2.16. The van der Waals surface area contributed by atoms with E-state index < -0.39 is 0 Å². The fourth-order valence-corrected chi connectivity index (χ4v) is 4.92. The van der Waals surface area contributed by atoms with Crippen LogP contribution in [-0.4, -0.2) is 37.7 Å². The van der Waals surface area contributed by atoms with Crippen LogP contribution in [0.15, 0.2) is 51.4 Å². The van der Waals surface area contributed by atoms with E-state index in [1.807, 2.05) is 23.6 Å². The Morgan fingerprint density at radius 1 is 1.13 bits per heavy atom. The highest BCUT2D eigenvalue weighted by molar-refractivity contribution is 7.98. The zero-order valence-electron chi connectivity index (χ0n) is 15.9. The highest BCUT2D eigenvalue weighted by Crippen LogP contribution is 2.30. The molecule has 154 valence electrons. The van der Waals surface area contributed by atoms with Gasteiger partial charge in [-0.3, -0.25) is 4.57 Å². The van der Waals surface area contributed by atoms with Crippen molar-refractivity contribution in [3.8, 4) is 22.2 Å². The summed E-state index contributed by atoms with van der Waals surface area (Å²) in [6.07, 6.45) is 2.35. The molecule has 4 aromatic rings. The molecule has 0 bridgehead atoms. The summed E-state index contributed by atoms with van der Waals surface area (Å²) in [4.78, 5) is 1.09. The van der Waals surface area contributed by atoms with Crippen LogP contribution in [0.3, 0.4) is 0 Å². The molecule has 4 heterocycles. The van der Waals surface area contributed by atoms with Gasteiger partial charge in [0.05, 0.1) is 23.3 Å². The Balaban J connectivity index is 1.34. The molecule has 1 saturated heterocycles. The third kappa shape index (κ3) is 4.29. The van der Waals surface area contributed by atoms with Gasteiger partial charge in [-0.05, 0) is 48.6 Å². The number of nitrogens with zero attached hydrogens (tertiary/aromatic N) is 5. The van der Waals surface area contributed by atoms with Crippen molar-refractivity contribution in [2.45, 2.75) is 36.4 Å². The summed E-state index contributed by atoms with van der Waals surface area (Å²) >= 11 is 9.13. The Bertz CT molecular complexity index is 1100. The molecule has 0 saturated carbocycles. The van der Waals surface area contributed by atoms with Crippen molar-refractivity contribution in [1.82, 2.24) is 25.0 Å². The normalized spacial score (nSPS) is 16.4. The summed E-state index contributed by atoms with van der Waals surface area (Å²) in [5.74, 6) is 2.39. The second-order valence-corrected chi connectivity index (χ2v) is 9.15. The molecule has 3 aromatic heterocycles. The SMILES string of the molecule is Clc1ccc(-c2nnc(CSc3nnc(-c4cccs4)n3C[C@H]3CCCO3)o2)cc1. The third-order valence-corrected chi connectivity index (χ3v) is 6.82. The maximum atomic E-state index is 5.94. The van der Waals surface area contributed by atoms with Crippen LogP contribution >= 0.6 is 34.7 Å². The molecule has 0 radical (unpaired) electrons. The minimum atomic E-state index is 0.193. The van der Waals surface area contributed by atoms with E-state index in [4.69, 9.17) is 20.8 Å². The Labute approximate surface area is 186 Å².